The number of hydrogen-bond acceptors (Lipinski definition) is 5. The Morgan fingerprint density at radius 3 is 2.25 bits per heavy atom. The predicted octanol–water partition coefficient (Wildman–Crippen LogP) is 0.968. The maximum absolute atomic E-state index is 11.5. The Kier molecular flexibility index (Phi) is 4.31. The van der Waals surface area contributed by atoms with Gasteiger partial charge in [-0.3, -0.25) is 19.8 Å². The van der Waals surface area contributed by atoms with Gasteiger partial charge in [-0.2, -0.15) is 0 Å². The number of nitrogens with zero attached hydrogens (tertiary/aromatic N) is 3. The highest BCUT2D eigenvalue weighted by Gasteiger charge is 2.29. The maximum atomic E-state index is 11.5. The van der Waals surface area contributed by atoms with Gasteiger partial charge in [-0.05, 0) is 12.6 Å². The lowest BCUT2D eigenvalue weighted by atomic mass is 10.0. The molecule has 7 heteroatoms. The highest BCUT2D eigenvalue weighted by Crippen LogP contribution is 2.24. The van der Waals surface area contributed by atoms with Gasteiger partial charge in [-0.15, -0.1) is 0 Å². The topological polar surface area (TPSA) is 86.9 Å². The van der Waals surface area contributed by atoms with Crippen LogP contribution in [-0.4, -0.2) is 59.0 Å². The van der Waals surface area contributed by atoms with E-state index >= 15 is 0 Å². The molecular weight excluding hydrogens is 262 g/mol. The Hall–Kier alpha value is -1.99. The van der Waals surface area contributed by atoms with E-state index in [-0.39, 0.29) is 5.69 Å². The molecule has 1 fully saturated rings. The van der Waals surface area contributed by atoms with Crippen LogP contribution in [0, 0.1) is 10.1 Å². The zero-order valence-electron chi connectivity index (χ0n) is 11.2. The number of rotatable bonds is 4. The third kappa shape index (κ3) is 3.12. The first-order valence-electron chi connectivity index (χ1n) is 6.39. The molecule has 1 saturated heterocycles. The van der Waals surface area contributed by atoms with Crippen molar-refractivity contribution in [2.45, 2.75) is 6.04 Å². The van der Waals surface area contributed by atoms with Crippen molar-refractivity contribution >= 4 is 11.7 Å². The van der Waals surface area contributed by atoms with Gasteiger partial charge >= 0.3 is 5.97 Å². The van der Waals surface area contributed by atoms with Gasteiger partial charge in [-0.25, -0.2) is 0 Å². The molecule has 1 N–H and O–H groups in total. The standard InChI is InChI=1S/C13H17N3O4/c1-14-6-8-15(9-7-14)12(13(17)18)10-2-4-11(5-3-10)16(19)20/h2-5,12H,6-9H2,1H3,(H,17,18). The molecule has 1 unspecified atom stereocenters. The summed E-state index contributed by atoms with van der Waals surface area (Å²) < 4.78 is 0. The molecule has 1 atom stereocenters. The van der Waals surface area contributed by atoms with Crippen LogP contribution in [0.1, 0.15) is 11.6 Å². The first-order valence-corrected chi connectivity index (χ1v) is 6.39. The van der Waals surface area contributed by atoms with Crippen molar-refractivity contribution in [1.82, 2.24) is 9.80 Å². The summed E-state index contributed by atoms with van der Waals surface area (Å²) in [6.07, 6.45) is 0. The van der Waals surface area contributed by atoms with Gasteiger partial charge in [0.15, 0.2) is 0 Å². The number of carboxylic acids is 1. The van der Waals surface area contributed by atoms with E-state index in [0.29, 0.717) is 18.7 Å². The molecule has 1 aliphatic heterocycles. The molecule has 0 aromatic heterocycles. The summed E-state index contributed by atoms with van der Waals surface area (Å²) in [7, 11) is 2.00. The van der Waals surface area contributed by atoms with E-state index in [1.807, 2.05) is 11.9 Å². The molecule has 7 nitrogen and oxygen atoms in total. The fraction of sp³-hybridized carbons (Fsp3) is 0.462. The van der Waals surface area contributed by atoms with Crippen LogP contribution in [0.25, 0.3) is 0 Å². The van der Waals surface area contributed by atoms with E-state index in [0.717, 1.165) is 13.1 Å². The molecule has 2 rings (SSSR count). The largest absolute Gasteiger partial charge is 0.480 e. The SMILES string of the molecule is CN1CCN(C(C(=O)O)c2ccc([N+](=O)[O-])cc2)CC1. The van der Waals surface area contributed by atoms with E-state index in [1.165, 1.54) is 24.3 Å². The molecule has 1 aromatic rings. The van der Waals surface area contributed by atoms with Crippen molar-refractivity contribution in [3.63, 3.8) is 0 Å². The Morgan fingerprint density at radius 1 is 1.25 bits per heavy atom. The summed E-state index contributed by atoms with van der Waals surface area (Å²) in [6, 6.07) is 5.00. The number of nitro benzene ring substituents is 1. The summed E-state index contributed by atoms with van der Waals surface area (Å²) >= 11 is 0. The number of likely N-dealkylation sites (N-methyl/N-ethyl adjacent to an activating group) is 1. The summed E-state index contributed by atoms with van der Waals surface area (Å²) in [6.45, 7) is 2.97. The van der Waals surface area contributed by atoms with E-state index in [1.54, 1.807) is 0 Å². The second-order valence-electron chi connectivity index (χ2n) is 4.93. The number of piperazine rings is 1. The Labute approximate surface area is 116 Å². The lowest BCUT2D eigenvalue weighted by Crippen LogP contribution is -2.47. The van der Waals surface area contributed by atoms with Crippen LogP contribution in [0.4, 0.5) is 5.69 Å². The first kappa shape index (κ1) is 14.4. The minimum atomic E-state index is -0.927. The van der Waals surface area contributed by atoms with Crippen LogP contribution in [0.2, 0.25) is 0 Å². The van der Waals surface area contributed by atoms with E-state index in [9.17, 15) is 20.0 Å². The van der Waals surface area contributed by atoms with Crippen LogP contribution in [0.5, 0.6) is 0 Å². The van der Waals surface area contributed by atoms with Gasteiger partial charge in [0.05, 0.1) is 4.92 Å². The Morgan fingerprint density at radius 2 is 1.80 bits per heavy atom. The van der Waals surface area contributed by atoms with Crippen molar-refractivity contribution in [2.75, 3.05) is 33.2 Å². The van der Waals surface area contributed by atoms with Crippen molar-refractivity contribution < 1.29 is 14.8 Å². The summed E-state index contributed by atoms with van der Waals surface area (Å²) in [5, 5.41) is 20.1. The maximum Gasteiger partial charge on any atom is 0.325 e. The number of carboxylic acid groups (broad SMARTS) is 1. The summed E-state index contributed by atoms with van der Waals surface area (Å²) in [5.41, 5.74) is 0.545. The lowest BCUT2D eigenvalue weighted by molar-refractivity contribution is -0.384. The van der Waals surface area contributed by atoms with Crippen LogP contribution >= 0.6 is 0 Å². The van der Waals surface area contributed by atoms with Crippen LogP contribution in [-0.2, 0) is 4.79 Å². The zero-order chi connectivity index (χ0) is 14.7. The highest BCUT2D eigenvalue weighted by molar-refractivity contribution is 5.75. The van der Waals surface area contributed by atoms with Crippen molar-refractivity contribution in [3.8, 4) is 0 Å². The Bertz CT molecular complexity index is 495. The van der Waals surface area contributed by atoms with E-state index in [4.69, 9.17) is 0 Å². The second-order valence-corrected chi connectivity index (χ2v) is 4.93. The van der Waals surface area contributed by atoms with Crippen molar-refractivity contribution in [1.29, 1.82) is 0 Å². The number of hydrogen-bond donors (Lipinski definition) is 1. The molecule has 0 spiro atoms. The molecule has 1 aliphatic rings. The number of carbonyl (C=O) groups is 1. The van der Waals surface area contributed by atoms with E-state index in [2.05, 4.69) is 4.90 Å². The van der Waals surface area contributed by atoms with Crippen molar-refractivity contribution in [2.24, 2.45) is 0 Å². The third-order valence-electron chi connectivity index (χ3n) is 3.56. The predicted molar refractivity (Wildman–Crippen MR) is 72.5 cm³/mol. The normalized spacial score (nSPS) is 18.6. The van der Waals surface area contributed by atoms with Crippen molar-refractivity contribution in [3.05, 3.63) is 39.9 Å². The fourth-order valence-corrected chi connectivity index (χ4v) is 2.37. The summed E-state index contributed by atoms with van der Waals surface area (Å²) in [5.74, 6) is -0.927. The average Bonchev–Trinajstić information content (AvgIpc) is 2.41. The number of aliphatic carboxylic acids is 1. The molecule has 0 bridgehead atoms. The molecule has 108 valence electrons. The molecule has 0 radical (unpaired) electrons. The third-order valence-corrected chi connectivity index (χ3v) is 3.56. The molecular formula is C13H17N3O4. The van der Waals surface area contributed by atoms with Crippen LogP contribution < -0.4 is 0 Å². The van der Waals surface area contributed by atoms with Gasteiger partial charge in [0.1, 0.15) is 6.04 Å². The number of non-ortho nitro benzene ring substituents is 1. The molecule has 1 heterocycles. The van der Waals surface area contributed by atoms with Crippen LogP contribution in [0.15, 0.2) is 24.3 Å². The minimum Gasteiger partial charge on any atom is -0.480 e. The monoisotopic (exact) mass is 279 g/mol. The first-order chi connectivity index (χ1) is 9.49. The lowest BCUT2D eigenvalue weighted by Gasteiger charge is -2.36. The Balaban J connectivity index is 2.20. The van der Waals surface area contributed by atoms with Gasteiger partial charge in [-0.1, -0.05) is 12.1 Å². The fourth-order valence-electron chi connectivity index (χ4n) is 2.37. The molecule has 0 aliphatic carbocycles. The smallest absolute Gasteiger partial charge is 0.325 e. The highest BCUT2D eigenvalue weighted by atomic mass is 16.6. The number of nitro groups is 1. The van der Waals surface area contributed by atoms with Gasteiger partial charge in [0.25, 0.3) is 5.69 Å². The van der Waals surface area contributed by atoms with Gasteiger partial charge < -0.3 is 10.0 Å². The summed E-state index contributed by atoms with van der Waals surface area (Å²) in [4.78, 5) is 25.7. The molecule has 0 amide bonds. The molecule has 0 saturated carbocycles. The number of benzene rings is 1. The van der Waals surface area contributed by atoms with E-state index < -0.39 is 16.9 Å². The van der Waals surface area contributed by atoms with Crippen LogP contribution in [0.3, 0.4) is 0 Å². The average molecular weight is 279 g/mol. The van der Waals surface area contributed by atoms with Gasteiger partial charge in [0.2, 0.25) is 0 Å². The quantitative estimate of drug-likeness (QED) is 0.652. The second kappa shape index (κ2) is 5.98. The zero-order valence-corrected chi connectivity index (χ0v) is 11.2. The minimum absolute atomic E-state index is 0.0312. The van der Waals surface area contributed by atoms with Gasteiger partial charge in [0, 0.05) is 38.3 Å². The molecule has 20 heavy (non-hydrogen) atoms. The molecule has 1 aromatic carbocycles.